The number of imidazole rings is 1. The van der Waals surface area contributed by atoms with E-state index in [-0.39, 0.29) is 0 Å². The maximum absolute atomic E-state index is 5.89. The number of nitrogens with two attached hydrogens (primary N) is 1. The van der Waals surface area contributed by atoms with Crippen LogP contribution in [0.4, 0.5) is 5.95 Å². The van der Waals surface area contributed by atoms with Crippen molar-refractivity contribution in [3.05, 3.63) is 12.4 Å². The van der Waals surface area contributed by atoms with E-state index in [2.05, 4.69) is 21.8 Å². The zero-order valence-electron chi connectivity index (χ0n) is 8.61. The lowest BCUT2D eigenvalue weighted by Crippen LogP contribution is -2.40. The summed E-state index contributed by atoms with van der Waals surface area (Å²) in [6, 6.07) is 0.328. The van der Waals surface area contributed by atoms with Crippen LogP contribution < -0.4 is 10.6 Å². The monoisotopic (exact) mass is 194 g/mol. The number of piperidine rings is 1. The molecule has 78 valence electrons. The van der Waals surface area contributed by atoms with Crippen molar-refractivity contribution >= 4 is 5.95 Å². The van der Waals surface area contributed by atoms with Crippen molar-refractivity contribution in [1.82, 2.24) is 9.97 Å². The Morgan fingerprint density at radius 1 is 1.57 bits per heavy atom. The van der Waals surface area contributed by atoms with Gasteiger partial charge in [0.2, 0.25) is 5.95 Å². The van der Waals surface area contributed by atoms with E-state index in [4.69, 9.17) is 5.73 Å². The van der Waals surface area contributed by atoms with Gasteiger partial charge in [-0.2, -0.15) is 0 Å². The zero-order chi connectivity index (χ0) is 9.97. The second kappa shape index (κ2) is 4.00. The molecule has 0 spiro atoms. The predicted molar refractivity (Wildman–Crippen MR) is 57.2 cm³/mol. The van der Waals surface area contributed by atoms with E-state index < -0.39 is 0 Å². The molecule has 4 heteroatoms. The van der Waals surface area contributed by atoms with E-state index in [9.17, 15) is 0 Å². The van der Waals surface area contributed by atoms with Crippen LogP contribution in [-0.2, 0) is 0 Å². The van der Waals surface area contributed by atoms with Crippen molar-refractivity contribution in [1.29, 1.82) is 0 Å². The molecule has 1 saturated heterocycles. The first-order chi connectivity index (χ1) is 6.77. The molecule has 0 aliphatic carbocycles. The molecule has 1 unspecified atom stereocenters. The highest BCUT2D eigenvalue weighted by atomic mass is 15.3. The molecule has 0 amide bonds. The van der Waals surface area contributed by atoms with Crippen molar-refractivity contribution in [2.75, 3.05) is 18.0 Å². The third-order valence-electron chi connectivity index (χ3n) is 3.07. The van der Waals surface area contributed by atoms with Crippen molar-refractivity contribution in [3.63, 3.8) is 0 Å². The Labute approximate surface area is 84.5 Å². The summed E-state index contributed by atoms with van der Waals surface area (Å²) >= 11 is 0. The number of H-pyrrole nitrogens is 1. The van der Waals surface area contributed by atoms with E-state index in [0.717, 1.165) is 19.0 Å². The standard InChI is InChI=1S/C10H18N4/c1-8(11)9-2-6-14(7-3-9)10-12-4-5-13-10/h4-5,8-9H,2-3,6-7,11H2,1H3,(H,12,13). The van der Waals surface area contributed by atoms with Gasteiger partial charge in [0.15, 0.2) is 0 Å². The number of aromatic nitrogens is 2. The minimum atomic E-state index is 0.328. The molecule has 14 heavy (non-hydrogen) atoms. The number of hydrogen-bond acceptors (Lipinski definition) is 3. The highest BCUT2D eigenvalue weighted by Crippen LogP contribution is 2.21. The minimum absolute atomic E-state index is 0.328. The van der Waals surface area contributed by atoms with Crippen LogP contribution in [0.2, 0.25) is 0 Å². The summed E-state index contributed by atoms with van der Waals surface area (Å²) < 4.78 is 0. The van der Waals surface area contributed by atoms with Crippen LogP contribution >= 0.6 is 0 Å². The number of nitrogens with zero attached hydrogens (tertiary/aromatic N) is 2. The lowest BCUT2D eigenvalue weighted by Gasteiger charge is -2.33. The fourth-order valence-electron chi connectivity index (χ4n) is 2.07. The Hall–Kier alpha value is -1.03. The van der Waals surface area contributed by atoms with Gasteiger partial charge in [0.25, 0.3) is 0 Å². The van der Waals surface area contributed by atoms with Crippen LogP contribution in [0.25, 0.3) is 0 Å². The lowest BCUT2D eigenvalue weighted by atomic mass is 9.91. The lowest BCUT2D eigenvalue weighted by molar-refractivity contribution is 0.352. The maximum Gasteiger partial charge on any atom is 0.202 e. The smallest absolute Gasteiger partial charge is 0.202 e. The second-order valence-electron chi connectivity index (χ2n) is 4.10. The van der Waals surface area contributed by atoms with Crippen LogP contribution in [0.15, 0.2) is 12.4 Å². The first kappa shape index (κ1) is 9.52. The molecular weight excluding hydrogens is 176 g/mol. The molecule has 0 saturated carbocycles. The average molecular weight is 194 g/mol. The fourth-order valence-corrected chi connectivity index (χ4v) is 2.07. The normalized spacial score (nSPS) is 21.1. The second-order valence-corrected chi connectivity index (χ2v) is 4.10. The van der Waals surface area contributed by atoms with E-state index in [1.54, 1.807) is 6.20 Å². The predicted octanol–water partition coefficient (Wildman–Crippen LogP) is 0.973. The fraction of sp³-hybridized carbons (Fsp3) is 0.700. The van der Waals surface area contributed by atoms with Crippen LogP contribution in [0.5, 0.6) is 0 Å². The number of anilines is 1. The van der Waals surface area contributed by atoms with Crippen LogP contribution in [0.3, 0.4) is 0 Å². The molecule has 1 atom stereocenters. The SMILES string of the molecule is CC(N)C1CCN(c2ncc[nH]2)CC1. The van der Waals surface area contributed by atoms with Crippen LogP contribution in [-0.4, -0.2) is 29.1 Å². The Bertz CT molecular complexity index is 260. The van der Waals surface area contributed by atoms with Crippen molar-refractivity contribution in [3.8, 4) is 0 Å². The number of aromatic amines is 1. The van der Waals surface area contributed by atoms with Gasteiger partial charge >= 0.3 is 0 Å². The number of rotatable bonds is 2. The van der Waals surface area contributed by atoms with E-state index in [0.29, 0.717) is 12.0 Å². The van der Waals surface area contributed by atoms with E-state index in [1.807, 2.05) is 6.20 Å². The van der Waals surface area contributed by atoms with Crippen LogP contribution in [0, 0.1) is 5.92 Å². The molecule has 1 aliphatic rings. The number of hydrogen-bond donors (Lipinski definition) is 2. The Balaban J connectivity index is 1.90. The quantitative estimate of drug-likeness (QED) is 0.737. The molecule has 4 nitrogen and oxygen atoms in total. The van der Waals surface area contributed by atoms with Crippen molar-refractivity contribution in [2.45, 2.75) is 25.8 Å². The summed E-state index contributed by atoms with van der Waals surface area (Å²) in [5.41, 5.74) is 5.89. The molecule has 1 aromatic heterocycles. The van der Waals surface area contributed by atoms with Gasteiger partial charge in [-0.15, -0.1) is 0 Å². The third-order valence-corrected chi connectivity index (χ3v) is 3.07. The average Bonchev–Trinajstić information content (AvgIpc) is 2.71. The Morgan fingerprint density at radius 3 is 2.79 bits per heavy atom. The number of nitrogens with one attached hydrogen (secondary N) is 1. The molecule has 0 bridgehead atoms. The third kappa shape index (κ3) is 1.90. The molecule has 2 heterocycles. The summed E-state index contributed by atoms with van der Waals surface area (Å²) in [6.07, 6.45) is 6.02. The van der Waals surface area contributed by atoms with E-state index in [1.165, 1.54) is 12.8 Å². The van der Waals surface area contributed by atoms with Gasteiger partial charge in [-0.1, -0.05) is 0 Å². The first-order valence-corrected chi connectivity index (χ1v) is 5.27. The molecule has 3 N–H and O–H groups in total. The summed E-state index contributed by atoms with van der Waals surface area (Å²) in [7, 11) is 0. The van der Waals surface area contributed by atoms with Gasteiger partial charge in [-0.3, -0.25) is 0 Å². The summed E-state index contributed by atoms with van der Waals surface area (Å²) in [5.74, 6) is 1.68. The highest BCUT2D eigenvalue weighted by Gasteiger charge is 2.22. The zero-order valence-corrected chi connectivity index (χ0v) is 8.61. The van der Waals surface area contributed by atoms with Gasteiger partial charge in [0, 0.05) is 31.5 Å². The van der Waals surface area contributed by atoms with Gasteiger partial charge < -0.3 is 15.6 Å². The molecule has 0 aromatic carbocycles. The summed E-state index contributed by atoms with van der Waals surface area (Å²) in [4.78, 5) is 9.67. The van der Waals surface area contributed by atoms with Crippen molar-refractivity contribution in [2.24, 2.45) is 11.7 Å². The minimum Gasteiger partial charge on any atom is -0.342 e. The van der Waals surface area contributed by atoms with Gasteiger partial charge in [-0.25, -0.2) is 4.98 Å². The molecule has 0 radical (unpaired) electrons. The van der Waals surface area contributed by atoms with E-state index >= 15 is 0 Å². The largest absolute Gasteiger partial charge is 0.342 e. The maximum atomic E-state index is 5.89. The summed E-state index contributed by atoms with van der Waals surface area (Å²) in [6.45, 7) is 4.24. The topological polar surface area (TPSA) is 57.9 Å². The summed E-state index contributed by atoms with van der Waals surface area (Å²) in [5, 5.41) is 0. The molecule has 1 aromatic rings. The first-order valence-electron chi connectivity index (χ1n) is 5.27. The highest BCUT2D eigenvalue weighted by molar-refractivity contribution is 5.29. The Kier molecular flexibility index (Phi) is 2.72. The molecule has 1 aliphatic heterocycles. The van der Waals surface area contributed by atoms with Gasteiger partial charge in [0.1, 0.15) is 0 Å². The van der Waals surface area contributed by atoms with Gasteiger partial charge in [0.05, 0.1) is 0 Å². The molecule has 2 rings (SSSR count). The van der Waals surface area contributed by atoms with Gasteiger partial charge in [-0.05, 0) is 25.7 Å². The molecule has 1 fully saturated rings. The molecular formula is C10H18N4. The van der Waals surface area contributed by atoms with Crippen LogP contribution in [0.1, 0.15) is 19.8 Å². The van der Waals surface area contributed by atoms with Crippen molar-refractivity contribution < 1.29 is 0 Å². The Morgan fingerprint density at radius 2 is 2.29 bits per heavy atom.